The second-order valence-corrected chi connectivity index (χ2v) is 7.61. The number of ketones is 1. The lowest BCUT2D eigenvalue weighted by Gasteiger charge is -2.15. The zero-order chi connectivity index (χ0) is 25.4. The Labute approximate surface area is 194 Å². The van der Waals surface area contributed by atoms with Gasteiger partial charge in [-0.15, -0.1) is 0 Å². The minimum absolute atomic E-state index is 0.0275. The van der Waals surface area contributed by atoms with Gasteiger partial charge in [0, 0.05) is 6.42 Å². The fourth-order valence-electron chi connectivity index (χ4n) is 3.23. The van der Waals surface area contributed by atoms with Gasteiger partial charge in [0.05, 0.1) is 11.1 Å². The van der Waals surface area contributed by atoms with E-state index in [0.29, 0.717) is 6.42 Å². The Morgan fingerprint density at radius 1 is 0.824 bits per heavy atom. The zero-order valence-electron chi connectivity index (χ0n) is 17.9. The Morgan fingerprint density at radius 3 is 1.88 bits per heavy atom. The van der Waals surface area contributed by atoms with Crippen LogP contribution in [0, 0.1) is 11.6 Å². The Hall–Kier alpha value is -3.12. The summed E-state index contributed by atoms with van der Waals surface area (Å²) in [7, 11) is -3.78. The van der Waals surface area contributed by atoms with Crippen LogP contribution >= 0.6 is 0 Å². The van der Waals surface area contributed by atoms with Crippen molar-refractivity contribution in [2.45, 2.75) is 38.1 Å². The van der Waals surface area contributed by atoms with Crippen molar-refractivity contribution in [3.63, 3.8) is 0 Å². The molecular weight excluding hydrogens is 454 g/mol. The Kier molecular flexibility index (Phi) is 9.87. The molecular formula is C21H23B2F2NO8. The van der Waals surface area contributed by atoms with Crippen molar-refractivity contribution < 1.29 is 48.4 Å². The van der Waals surface area contributed by atoms with Crippen LogP contribution in [0.15, 0.2) is 36.4 Å². The molecule has 0 aromatic heterocycles. The predicted octanol–water partition coefficient (Wildman–Crippen LogP) is -0.659. The number of halogens is 2. The first-order valence-electron chi connectivity index (χ1n) is 10.4. The van der Waals surface area contributed by atoms with Crippen molar-refractivity contribution in [1.82, 2.24) is 5.32 Å². The summed E-state index contributed by atoms with van der Waals surface area (Å²) in [5.41, 5.74) is -0.989. The molecule has 1 amide bonds. The lowest BCUT2D eigenvalue weighted by Crippen LogP contribution is -2.41. The van der Waals surface area contributed by atoms with Gasteiger partial charge in [0.2, 0.25) is 0 Å². The number of carboxylic acid groups (broad SMARTS) is 1. The van der Waals surface area contributed by atoms with Gasteiger partial charge >= 0.3 is 20.2 Å². The fourth-order valence-corrected chi connectivity index (χ4v) is 3.23. The minimum atomic E-state index is -1.94. The molecule has 1 atom stereocenters. The second kappa shape index (κ2) is 12.4. The molecule has 6 N–H and O–H groups in total. The number of hydrogen-bond donors (Lipinski definition) is 6. The number of hydrogen-bond acceptors (Lipinski definition) is 7. The van der Waals surface area contributed by atoms with E-state index in [2.05, 4.69) is 5.32 Å². The normalized spacial score (nSPS) is 11.6. The fraction of sp³-hybridized carbons (Fsp3) is 0.286. The third-order valence-corrected chi connectivity index (χ3v) is 5.12. The zero-order valence-corrected chi connectivity index (χ0v) is 17.9. The number of carbonyl (C=O) groups is 3. The topological polar surface area (TPSA) is 164 Å². The van der Waals surface area contributed by atoms with Crippen molar-refractivity contribution in [1.29, 1.82) is 0 Å². The first-order chi connectivity index (χ1) is 16.0. The van der Waals surface area contributed by atoms with Crippen molar-refractivity contribution in [2.24, 2.45) is 0 Å². The number of Topliss-reactive ketones (excluding diaryl/α,β-unsaturated/α-hetero) is 1. The molecule has 13 heteroatoms. The second-order valence-electron chi connectivity index (χ2n) is 7.61. The highest BCUT2D eigenvalue weighted by molar-refractivity contribution is 6.59. The highest BCUT2D eigenvalue weighted by atomic mass is 19.1. The number of benzene rings is 2. The minimum Gasteiger partial charge on any atom is -0.480 e. The van der Waals surface area contributed by atoms with E-state index in [1.54, 1.807) is 0 Å². The lowest BCUT2D eigenvalue weighted by atomic mass is 9.79. The van der Waals surface area contributed by atoms with Crippen molar-refractivity contribution in [2.75, 3.05) is 0 Å². The van der Waals surface area contributed by atoms with Crippen LogP contribution < -0.4 is 16.2 Å². The number of nitrogens with one attached hydrogen (secondary N) is 1. The van der Waals surface area contributed by atoms with E-state index in [-0.39, 0.29) is 42.2 Å². The van der Waals surface area contributed by atoms with Gasteiger partial charge in [-0.25, -0.2) is 13.6 Å². The van der Waals surface area contributed by atoms with Gasteiger partial charge < -0.3 is 30.5 Å². The monoisotopic (exact) mass is 477 g/mol. The average molecular weight is 477 g/mol. The van der Waals surface area contributed by atoms with E-state index >= 15 is 0 Å². The Morgan fingerprint density at radius 2 is 1.35 bits per heavy atom. The Balaban J connectivity index is 1.89. The molecule has 0 saturated carbocycles. The van der Waals surface area contributed by atoms with E-state index < -0.39 is 55.1 Å². The van der Waals surface area contributed by atoms with Crippen LogP contribution in [0.4, 0.5) is 8.78 Å². The first-order valence-corrected chi connectivity index (χ1v) is 10.4. The molecule has 0 radical (unpaired) electrons. The van der Waals surface area contributed by atoms with Gasteiger partial charge in [0.15, 0.2) is 5.78 Å². The van der Waals surface area contributed by atoms with Gasteiger partial charge in [-0.2, -0.15) is 0 Å². The van der Waals surface area contributed by atoms with Crippen molar-refractivity contribution in [3.8, 4) is 0 Å². The van der Waals surface area contributed by atoms with Crippen LogP contribution in [-0.2, 0) is 4.79 Å². The van der Waals surface area contributed by atoms with Gasteiger partial charge in [-0.3, -0.25) is 9.59 Å². The summed E-state index contributed by atoms with van der Waals surface area (Å²) in [4.78, 5) is 36.0. The molecule has 0 bridgehead atoms. The molecule has 0 aliphatic carbocycles. The van der Waals surface area contributed by atoms with Gasteiger partial charge in [-0.05, 0) is 48.0 Å². The summed E-state index contributed by atoms with van der Waals surface area (Å²) in [6, 6.07) is 4.64. The van der Waals surface area contributed by atoms with Gasteiger partial charge in [0.1, 0.15) is 17.7 Å². The van der Waals surface area contributed by atoms with Crippen LogP contribution in [0.1, 0.15) is 52.8 Å². The molecule has 2 aromatic carbocycles. The highest BCUT2D eigenvalue weighted by Crippen LogP contribution is 2.14. The molecule has 2 rings (SSSR count). The van der Waals surface area contributed by atoms with E-state index in [0.717, 1.165) is 36.4 Å². The van der Waals surface area contributed by atoms with Crippen LogP contribution in [0.25, 0.3) is 0 Å². The number of aliphatic carboxylic acids is 1. The SMILES string of the molecule is O=C(CCCCC[C@H](NC(=O)c1cc(B(O)O)ccc1F)C(=O)O)c1cc(B(O)O)ccc1F. The third-order valence-electron chi connectivity index (χ3n) is 5.12. The molecule has 0 saturated heterocycles. The molecule has 0 fully saturated rings. The van der Waals surface area contributed by atoms with Gasteiger partial charge in [-0.1, -0.05) is 25.0 Å². The summed E-state index contributed by atoms with van der Waals surface area (Å²) in [6.45, 7) is 0. The van der Waals surface area contributed by atoms with Crippen molar-refractivity contribution >= 4 is 42.8 Å². The molecule has 0 aliphatic rings. The summed E-state index contributed by atoms with van der Waals surface area (Å²) in [6.07, 6.45) is 0.846. The number of carboxylic acids is 1. The summed E-state index contributed by atoms with van der Waals surface area (Å²) >= 11 is 0. The van der Waals surface area contributed by atoms with E-state index in [4.69, 9.17) is 20.1 Å². The third kappa shape index (κ3) is 7.45. The molecule has 0 heterocycles. The van der Waals surface area contributed by atoms with Crippen LogP contribution in [-0.4, -0.2) is 63.1 Å². The van der Waals surface area contributed by atoms with Crippen LogP contribution in [0.3, 0.4) is 0 Å². The molecule has 0 spiro atoms. The van der Waals surface area contributed by atoms with Gasteiger partial charge in [0.25, 0.3) is 5.91 Å². The maximum absolute atomic E-state index is 13.9. The smallest absolute Gasteiger partial charge is 0.480 e. The molecule has 2 aromatic rings. The average Bonchev–Trinajstić information content (AvgIpc) is 2.77. The lowest BCUT2D eigenvalue weighted by molar-refractivity contribution is -0.139. The van der Waals surface area contributed by atoms with E-state index in [9.17, 15) is 28.3 Å². The Bertz CT molecular complexity index is 1050. The molecule has 180 valence electrons. The predicted molar refractivity (Wildman–Crippen MR) is 119 cm³/mol. The molecule has 0 unspecified atom stereocenters. The molecule has 9 nitrogen and oxygen atoms in total. The summed E-state index contributed by atoms with van der Waals surface area (Å²) < 4.78 is 27.8. The number of amides is 1. The highest BCUT2D eigenvalue weighted by Gasteiger charge is 2.24. The molecule has 34 heavy (non-hydrogen) atoms. The maximum atomic E-state index is 13.9. The number of carbonyl (C=O) groups excluding carboxylic acids is 2. The first kappa shape index (κ1) is 27.1. The van der Waals surface area contributed by atoms with Crippen molar-refractivity contribution in [3.05, 3.63) is 59.2 Å². The van der Waals surface area contributed by atoms with Crippen LogP contribution in [0.2, 0.25) is 0 Å². The summed E-state index contributed by atoms with van der Waals surface area (Å²) in [5.74, 6) is -4.71. The quantitative estimate of drug-likeness (QED) is 0.133. The number of rotatable bonds is 12. The maximum Gasteiger partial charge on any atom is 0.488 e. The van der Waals surface area contributed by atoms with E-state index in [1.165, 1.54) is 0 Å². The number of unbranched alkanes of at least 4 members (excludes halogenated alkanes) is 2. The molecule has 0 aliphatic heterocycles. The van der Waals surface area contributed by atoms with E-state index in [1.807, 2.05) is 0 Å². The van der Waals surface area contributed by atoms with Crippen LogP contribution in [0.5, 0.6) is 0 Å². The largest absolute Gasteiger partial charge is 0.488 e. The summed E-state index contributed by atoms with van der Waals surface area (Å²) in [5, 5.41) is 48.2. The standard InChI is InChI=1S/C21H23B2F2NO8/c24-16-8-6-12(22(31)32)10-14(16)19(27)5-3-1-2-4-18(21(29)30)26-20(28)15-11-13(23(33)34)7-9-17(15)25/h6-11,18,31-34H,1-5H2,(H,26,28)(H,29,30)/t18-/m0/s1.